The van der Waals surface area contributed by atoms with Gasteiger partial charge in [0.25, 0.3) is 0 Å². The molecule has 142 valence electrons. The second-order valence-corrected chi connectivity index (χ2v) is 7.54. The lowest BCUT2D eigenvalue weighted by Gasteiger charge is -2.38. The standard InChI is InChI=1S/C20H23F4NO/c1-13-8-15(9-14(2)25-13)11-19(26,20(22,23)24)12-18(3,4)16-6-5-7-17(21)10-16/h5-10,26H,11-12H2,1-4H3. The number of aromatic nitrogens is 1. The van der Waals surface area contributed by atoms with E-state index in [-0.39, 0.29) is 0 Å². The number of pyridine rings is 1. The molecule has 6 heteroatoms. The number of rotatable bonds is 5. The normalized spacial score (nSPS) is 15.0. The van der Waals surface area contributed by atoms with E-state index in [0.717, 1.165) is 0 Å². The summed E-state index contributed by atoms with van der Waals surface area (Å²) in [6.07, 6.45) is -6.00. The largest absolute Gasteiger partial charge is 0.417 e. The summed E-state index contributed by atoms with van der Waals surface area (Å²) in [5, 5.41) is 10.6. The van der Waals surface area contributed by atoms with Crippen molar-refractivity contribution in [3.05, 3.63) is 64.7 Å². The van der Waals surface area contributed by atoms with Crippen molar-refractivity contribution in [2.45, 2.75) is 57.7 Å². The Kier molecular flexibility index (Phi) is 5.47. The molecule has 0 aliphatic carbocycles. The summed E-state index contributed by atoms with van der Waals surface area (Å²) in [5.74, 6) is -0.522. The fraction of sp³-hybridized carbons (Fsp3) is 0.450. The summed E-state index contributed by atoms with van der Waals surface area (Å²) in [5.41, 5.74) is -2.07. The second kappa shape index (κ2) is 6.99. The van der Waals surface area contributed by atoms with E-state index in [4.69, 9.17) is 0 Å². The highest BCUT2D eigenvalue weighted by atomic mass is 19.4. The lowest BCUT2D eigenvalue weighted by molar-refractivity contribution is -0.266. The van der Waals surface area contributed by atoms with Gasteiger partial charge in [-0.25, -0.2) is 4.39 Å². The molecule has 1 heterocycles. The van der Waals surface area contributed by atoms with E-state index < -0.39 is 35.9 Å². The van der Waals surface area contributed by atoms with Crippen LogP contribution in [-0.4, -0.2) is 21.9 Å². The van der Waals surface area contributed by atoms with Gasteiger partial charge in [0.1, 0.15) is 5.82 Å². The number of aliphatic hydroxyl groups is 1. The summed E-state index contributed by atoms with van der Waals surface area (Å²) < 4.78 is 54.8. The molecule has 2 nitrogen and oxygen atoms in total. The summed E-state index contributed by atoms with van der Waals surface area (Å²) in [7, 11) is 0. The van der Waals surface area contributed by atoms with Gasteiger partial charge in [0.05, 0.1) is 0 Å². The molecule has 2 aromatic rings. The predicted octanol–water partition coefficient (Wildman–Crippen LogP) is 5.04. The first-order valence-electron chi connectivity index (χ1n) is 8.32. The molecule has 1 atom stereocenters. The van der Waals surface area contributed by atoms with Crippen LogP contribution in [0.15, 0.2) is 36.4 Å². The summed E-state index contributed by atoms with van der Waals surface area (Å²) in [6, 6.07) is 8.54. The third-order valence-corrected chi connectivity index (χ3v) is 4.51. The van der Waals surface area contributed by atoms with Gasteiger partial charge in [0.2, 0.25) is 0 Å². The van der Waals surface area contributed by atoms with E-state index in [1.807, 2.05) is 0 Å². The van der Waals surface area contributed by atoms with E-state index in [0.29, 0.717) is 22.5 Å². The maximum absolute atomic E-state index is 13.8. The Hall–Kier alpha value is -1.95. The van der Waals surface area contributed by atoms with Crippen LogP contribution in [0.2, 0.25) is 0 Å². The molecule has 2 rings (SSSR count). The highest BCUT2D eigenvalue weighted by molar-refractivity contribution is 5.27. The van der Waals surface area contributed by atoms with E-state index in [2.05, 4.69) is 4.98 Å². The SMILES string of the molecule is Cc1cc(CC(O)(CC(C)(C)c2cccc(F)c2)C(F)(F)F)cc(C)n1. The molecular weight excluding hydrogens is 346 g/mol. The van der Waals surface area contributed by atoms with Crippen molar-refractivity contribution in [2.24, 2.45) is 0 Å². The highest BCUT2D eigenvalue weighted by Gasteiger charge is 2.55. The smallest absolute Gasteiger partial charge is 0.380 e. The Bertz CT molecular complexity index is 765. The van der Waals surface area contributed by atoms with Crippen molar-refractivity contribution in [3.63, 3.8) is 0 Å². The van der Waals surface area contributed by atoms with Crippen molar-refractivity contribution < 1.29 is 22.7 Å². The third kappa shape index (κ3) is 4.61. The molecule has 0 amide bonds. The molecule has 1 aromatic carbocycles. The summed E-state index contributed by atoms with van der Waals surface area (Å²) >= 11 is 0. The Morgan fingerprint density at radius 1 is 1.00 bits per heavy atom. The summed E-state index contributed by atoms with van der Waals surface area (Å²) in [4.78, 5) is 4.15. The maximum atomic E-state index is 13.8. The van der Waals surface area contributed by atoms with E-state index in [9.17, 15) is 22.7 Å². The minimum absolute atomic E-state index is 0.366. The van der Waals surface area contributed by atoms with Crippen molar-refractivity contribution in [3.8, 4) is 0 Å². The number of halogens is 4. The lowest BCUT2D eigenvalue weighted by atomic mass is 9.73. The van der Waals surface area contributed by atoms with Crippen molar-refractivity contribution in [1.29, 1.82) is 0 Å². The first-order chi connectivity index (χ1) is 11.8. The van der Waals surface area contributed by atoms with E-state index in [1.54, 1.807) is 45.9 Å². The van der Waals surface area contributed by atoms with E-state index in [1.165, 1.54) is 18.2 Å². The van der Waals surface area contributed by atoms with Crippen LogP contribution >= 0.6 is 0 Å². The Morgan fingerprint density at radius 3 is 2.08 bits per heavy atom. The molecule has 1 unspecified atom stereocenters. The number of hydrogen-bond acceptors (Lipinski definition) is 2. The number of nitrogens with zero attached hydrogens (tertiary/aromatic N) is 1. The lowest BCUT2D eigenvalue weighted by Crippen LogP contribution is -2.50. The van der Waals surface area contributed by atoms with Crippen molar-refractivity contribution >= 4 is 0 Å². The molecule has 1 N–H and O–H groups in total. The number of benzene rings is 1. The van der Waals surface area contributed by atoms with Crippen LogP contribution in [0.25, 0.3) is 0 Å². The first-order valence-corrected chi connectivity index (χ1v) is 8.32. The zero-order valence-electron chi connectivity index (χ0n) is 15.3. The molecule has 0 saturated carbocycles. The van der Waals surface area contributed by atoms with Gasteiger partial charge in [-0.05, 0) is 61.1 Å². The van der Waals surface area contributed by atoms with Crippen LogP contribution in [0.1, 0.15) is 42.8 Å². The maximum Gasteiger partial charge on any atom is 0.417 e. The molecule has 0 radical (unpaired) electrons. The van der Waals surface area contributed by atoms with Crippen LogP contribution in [0.5, 0.6) is 0 Å². The van der Waals surface area contributed by atoms with E-state index >= 15 is 0 Å². The Balaban J connectivity index is 2.40. The molecule has 0 aliphatic rings. The number of hydrogen-bond donors (Lipinski definition) is 1. The van der Waals surface area contributed by atoms with Gasteiger partial charge in [-0.1, -0.05) is 26.0 Å². The number of aryl methyl sites for hydroxylation is 2. The second-order valence-electron chi connectivity index (χ2n) is 7.54. The molecule has 1 aromatic heterocycles. The highest BCUT2D eigenvalue weighted by Crippen LogP contribution is 2.43. The van der Waals surface area contributed by atoms with Gasteiger partial charge >= 0.3 is 6.18 Å². The molecule has 0 bridgehead atoms. The zero-order valence-corrected chi connectivity index (χ0v) is 15.3. The van der Waals surface area contributed by atoms with Gasteiger partial charge in [0.15, 0.2) is 5.60 Å². The third-order valence-electron chi connectivity index (χ3n) is 4.51. The van der Waals surface area contributed by atoms with Gasteiger partial charge in [-0.3, -0.25) is 4.98 Å². The Morgan fingerprint density at radius 2 is 1.58 bits per heavy atom. The molecule has 0 spiro atoms. The first kappa shape index (κ1) is 20.4. The average Bonchev–Trinajstić information content (AvgIpc) is 2.44. The monoisotopic (exact) mass is 369 g/mol. The molecular formula is C20H23F4NO. The van der Waals surface area contributed by atoms with Gasteiger partial charge in [-0.2, -0.15) is 13.2 Å². The molecule has 26 heavy (non-hydrogen) atoms. The van der Waals surface area contributed by atoms with Crippen molar-refractivity contribution in [1.82, 2.24) is 4.98 Å². The molecule has 0 aliphatic heterocycles. The minimum Gasteiger partial charge on any atom is -0.380 e. The fourth-order valence-corrected chi connectivity index (χ4v) is 3.37. The zero-order chi connectivity index (χ0) is 19.8. The molecule has 0 fully saturated rings. The quantitative estimate of drug-likeness (QED) is 0.749. The van der Waals surface area contributed by atoms with Crippen LogP contribution in [0.4, 0.5) is 17.6 Å². The summed E-state index contributed by atoms with van der Waals surface area (Å²) in [6.45, 7) is 6.53. The topological polar surface area (TPSA) is 33.1 Å². The molecule has 0 saturated heterocycles. The van der Waals surface area contributed by atoms with Crippen LogP contribution < -0.4 is 0 Å². The van der Waals surface area contributed by atoms with Gasteiger partial charge in [-0.15, -0.1) is 0 Å². The van der Waals surface area contributed by atoms with Crippen molar-refractivity contribution in [2.75, 3.05) is 0 Å². The predicted molar refractivity (Wildman–Crippen MR) is 92.5 cm³/mol. The van der Waals surface area contributed by atoms with Crippen LogP contribution in [0.3, 0.4) is 0 Å². The number of alkyl halides is 3. The van der Waals surface area contributed by atoms with Gasteiger partial charge in [0, 0.05) is 17.8 Å². The van der Waals surface area contributed by atoms with Gasteiger partial charge < -0.3 is 5.11 Å². The fourth-order valence-electron chi connectivity index (χ4n) is 3.37. The minimum atomic E-state index is -4.83. The average molecular weight is 369 g/mol. The van der Waals surface area contributed by atoms with Crippen LogP contribution in [-0.2, 0) is 11.8 Å². The Labute approximate surface area is 150 Å². The van der Waals surface area contributed by atoms with Crippen LogP contribution in [0, 0.1) is 19.7 Å².